The van der Waals surface area contributed by atoms with Gasteiger partial charge < -0.3 is 14.3 Å². The molecule has 0 bridgehead atoms. The van der Waals surface area contributed by atoms with E-state index in [-0.39, 0.29) is 0 Å². The molecular weight excluding hydrogens is 402 g/mol. The molecule has 6 rings (SSSR count). The van der Waals surface area contributed by atoms with Gasteiger partial charge in [0.05, 0.1) is 52.9 Å². The lowest BCUT2D eigenvalue weighted by Crippen LogP contribution is -2.08. The number of rotatable bonds is 4. The summed E-state index contributed by atoms with van der Waals surface area (Å²) < 4.78 is 5.26. The Hall–Kier alpha value is -4.46. The first-order valence-corrected chi connectivity index (χ1v) is 10.2. The van der Waals surface area contributed by atoms with Gasteiger partial charge in [-0.2, -0.15) is 5.10 Å². The van der Waals surface area contributed by atoms with E-state index in [0.717, 1.165) is 55.7 Å². The molecule has 0 atom stereocenters. The Morgan fingerprint density at radius 1 is 0.969 bits per heavy atom. The maximum Gasteiger partial charge on any atom is 0.159 e. The van der Waals surface area contributed by atoms with Gasteiger partial charge in [-0.25, -0.2) is 4.98 Å². The first-order valence-electron chi connectivity index (χ1n) is 10.2. The third-order valence-corrected chi connectivity index (χ3v) is 5.55. The van der Waals surface area contributed by atoms with Crippen LogP contribution in [0.15, 0.2) is 71.9 Å². The summed E-state index contributed by atoms with van der Waals surface area (Å²) in [5.74, 6) is 0.694. The second-order valence-corrected chi connectivity index (χ2v) is 7.81. The summed E-state index contributed by atoms with van der Waals surface area (Å²) >= 11 is 0. The number of hydrogen-bond donors (Lipinski definition) is 2. The summed E-state index contributed by atoms with van der Waals surface area (Å²) in [5.41, 5.74) is 8.17. The van der Waals surface area contributed by atoms with E-state index in [1.807, 2.05) is 61.7 Å². The minimum Gasteiger partial charge on any atom is -0.472 e. The van der Waals surface area contributed by atoms with Crippen LogP contribution < -0.4 is 4.90 Å². The molecular formula is C24H19N7O. The van der Waals surface area contributed by atoms with Crippen LogP contribution in [-0.4, -0.2) is 44.2 Å². The van der Waals surface area contributed by atoms with E-state index < -0.39 is 0 Å². The molecule has 6 aromatic rings. The highest BCUT2D eigenvalue weighted by molar-refractivity contribution is 5.97. The summed E-state index contributed by atoms with van der Waals surface area (Å²) in [4.78, 5) is 19.3. The Kier molecular flexibility index (Phi) is 4.04. The molecule has 0 amide bonds. The smallest absolute Gasteiger partial charge is 0.159 e. The highest BCUT2D eigenvalue weighted by Crippen LogP contribution is 2.32. The number of benzene rings is 1. The van der Waals surface area contributed by atoms with Gasteiger partial charge in [0.2, 0.25) is 0 Å². The van der Waals surface area contributed by atoms with Gasteiger partial charge in [-0.3, -0.25) is 15.1 Å². The van der Waals surface area contributed by atoms with E-state index in [1.165, 1.54) is 0 Å². The van der Waals surface area contributed by atoms with Gasteiger partial charge in [0, 0.05) is 42.4 Å². The van der Waals surface area contributed by atoms with Crippen LogP contribution in [0.4, 0.5) is 5.69 Å². The van der Waals surface area contributed by atoms with Crippen molar-refractivity contribution in [3.05, 3.63) is 67.5 Å². The molecule has 0 saturated carbocycles. The Labute approximate surface area is 183 Å². The van der Waals surface area contributed by atoms with Gasteiger partial charge in [0.15, 0.2) is 5.82 Å². The minimum absolute atomic E-state index is 0.694. The second kappa shape index (κ2) is 7.05. The van der Waals surface area contributed by atoms with Crippen molar-refractivity contribution >= 4 is 27.6 Å². The van der Waals surface area contributed by atoms with Crippen molar-refractivity contribution in [3.8, 4) is 33.9 Å². The molecule has 0 spiro atoms. The summed E-state index contributed by atoms with van der Waals surface area (Å²) in [6, 6.07) is 12.1. The maximum atomic E-state index is 5.26. The summed E-state index contributed by atoms with van der Waals surface area (Å²) in [6.45, 7) is 0. The molecule has 8 heteroatoms. The van der Waals surface area contributed by atoms with Crippen LogP contribution in [-0.2, 0) is 0 Å². The highest BCUT2D eigenvalue weighted by Gasteiger charge is 2.16. The third-order valence-electron chi connectivity index (χ3n) is 5.55. The van der Waals surface area contributed by atoms with Crippen molar-refractivity contribution in [1.29, 1.82) is 0 Å². The summed E-state index contributed by atoms with van der Waals surface area (Å²) in [7, 11) is 3.98. The number of anilines is 1. The molecule has 2 N–H and O–H groups in total. The van der Waals surface area contributed by atoms with Gasteiger partial charge in [-0.1, -0.05) is 12.1 Å². The van der Waals surface area contributed by atoms with Crippen molar-refractivity contribution in [2.24, 2.45) is 0 Å². The van der Waals surface area contributed by atoms with Crippen molar-refractivity contribution in [3.63, 3.8) is 0 Å². The third kappa shape index (κ3) is 2.92. The monoisotopic (exact) mass is 421 g/mol. The van der Waals surface area contributed by atoms with Crippen molar-refractivity contribution < 1.29 is 4.42 Å². The lowest BCUT2D eigenvalue weighted by atomic mass is 10.1. The fourth-order valence-electron chi connectivity index (χ4n) is 3.86. The van der Waals surface area contributed by atoms with Crippen LogP contribution >= 0.6 is 0 Å². The minimum atomic E-state index is 0.694. The molecule has 0 aliphatic rings. The molecule has 0 aliphatic carbocycles. The second-order valence-electron chi connectivity index (χ2n) is 7.81. The zero-order valence-corrected chi connectivity index (χ0v) is 17.5. The SMILES string of the molecule is CN(C)c1cncc(-c2cc3c(-c4nc5c(-c6ccoc6)cccc5[nH]4)n[nH]c3cn2)c1. The predicted molar refractivity (Wildman–Crippen MR) is 124 cm³/mol. The molecule has 8 nitrogen and oxygen atoms in total. The van der Waals surface area contributed by atoms with Gasteiger partial charge >= 0.3 is 0 Å². The average Bonchev–Trinajstić information content (AvgIpc) is 3.57. The number of imidazole rings is 1. The van der Waals surface area contributed by atoms with Crippen LogP contribution in [0.1, 0.15) is 0 Å². The number of furan rings is 1. The number of aromatic amines is 2. The Bertz CT molecular complexity index is 1560. The van der Waals surface area contributed by atoms with E-state index in [9.17, 15) is 0 Å². The van der Waals surface area contributed by atoms with Gasteiger partial charge in [-0.05, 0) is 24.3 Å². The van der Waals surface area contributed by atoms with Crippen LogP contribution in [0.3, 0.4) is 0 Å². The molecule has 32 heavy (non-hydrogen) atoms. The number of fused-ring (bicyclic) bond motifs is 2. The first kappa shape index (κ1) is 18.3. The number of nitrogens with zero attached hydrogens (tertiary/aromatic N) is 5. The van der Waals surface area contributed by atoms with Crippen LogP contribution in [0.25, 0.3) is 55.8 Å². The van der Waals surface area contributed by atoms with E-state index in [4.69, 9.17) is 9.40 Å². The molecule has 0 unspecified atom stereocenters. The maximum absolute atomic E-state index is 5.26. The molecule has 5 heterocycles. The first-order chi connectivity index (χ1) is 15.7. The van der Waals surface area contributed by atoms with E-state index in [2.05, 4.69) is 31.2 Å². The molecule has 156 valence electrons. The number of hydrogen-bond acceptors (Lipinski definition) is 6. The molecule has 1 aromatic carbocycles. The van der Waals surface area contributed by atoms with Crippen LogP contribution in [0, 0.1) is 0 Å². The topological polar surface area (TPSA) is 99.5 Å². The molecule has 0 saturated heterocycles. The molecule has 5 aromatic heterocycles. The molecule has 0 aliphatic heterocycles. The van der Waals surface area contributed by atoms with Gasteiger partial charge in [-0.15, -0.1) is 0 Å². The quantitative estimate of drug-likeness (QED) is 0.420. The Morgan fingerprint density at radius 3 is 2.75 bits per heavy atom. The fourth-order valence-corrected chi connectivity index (χ4v) is 3.86. The summed E-state index contributed by atoms with van der Waals surface area (Å²) in [6.07, 6.45) is 8.83. The lowest BCUT2D eigenvalue weighted by Gasteiger charge is -2.12. The van der Waals surface area contributed by atoms with E-state index in [1.54, 1.807) is 18.7 Å². The number of para-hydroxylation sites is 1. The van der Waals surface area contributed by atoms with Gasteiger partial charge in [0.1, 0.15) is 5.69 Å². The number of pyridine rings is 2. The zero-order valence-electron chi connectivity index (χ0n) is 17.5. The normalized spacial score (nSPS) is 11.4. The highest BCUT2D eigenvalue weighted by atomic mass is 16.3. The Morgan fingerprint density at radius 2 is 1.91 bits per heavy atom. The molecule has 0 fully saturated rings. The largest absolute Gasteiger partial charge is 0.472 e. The standard InChI is InChI=1S/C24H19N7O/c1-31(2)16-8-15(10-25-11-16)20-9-18-21(12-26-20)29-30-23(18)24-27-19-5-3-4-17(22(19)28-24)14-6-7-32-13-14/h3-13H,1-2H3,(H,27,28)(H,29,30). The van der Waals surface area contributed by atoms with E-state index >= 15 is 0 Å². The number of aromatic nitrogens is 6. The Balaban J connectivity index is 1.49. The fraction of sp³-hybridized carbons (Fsp3) is 0.0833. The average molecular weight is 421 g/mol. The van der Waals surface area contributed by atoms with Crippen LogP contribution in [0.2, 0.25) is 0 Å². The van der Waals surface area contributed by atoms with E-state index in [0.29, 0.717) is 5.82 Å². The van der Waals surface area contributed by atoms with Gasteiger partial charge in [0.25, 0.3) is 0 Å². The lowest BCUT2D eigenvalue weighted by molar-refractivity contribution is 0.568. The molecule has 0 radical (unpaired) electrons. The predicted octanol–water partition coefficient (Wildman–Crippen LogP) is 4.89. The van der Waals surface area contributed by atoms with Crippen LogP contribution in [0.5, 0.6) is 0 Å². The van der Waals surface area contributed by atoms with Crippen molar-refractivity contribution in [2.75, 3.05) is 19.0 Å². The zero-order chi connectivity index (χ0) is 21.7. The number of nitrogens with one attached hydrogen (secondary N) is 2. The summed E-state index contributed by atoms with van der Waals surface area (Å²) in [5, 5.41) is 8.54. The number of H-pyrrole nitrogens is 2. The van der Waals surface area contributed by atoms with Crippen molar-refractivity contribution in [1.82, 2.24) is 30.1 Å². The van der Waals surface area contributed by atoms with Crippen molar-refractivity contribution in [2.45, 2.75) is 0 Å².